The van der Waals surface area contributed by atoms with Crippen molar-refractivity contribution in [1.29, 1.82) is 0 Å². The van der Waals surface area contributed by atoms with Crippen LogP contribution in [0, 0.1) is 0 Å². The molecule has 1 aliphatic heterocycles. The van der Waals surface area contributed by atoms with Gasteiger partial charge in [0.05, 0.1) is 32.1 Å². The van der Waals surface area contributed by atoms with Crippen LogP contribution in [0.25, 0.3) is 0 Å². The minimum absolute atomic E-state index is 0.151. The van der Waals surface area contributed by atoms with Crippen LogP contribution >= 0.6 is 7.82 Å². The number of ether oxygens (including phenoxy) is 2. The number of aliphatic hydroxyl groups is 6. The Labute approximate surface area is 170 Å². The number of phosphoric acid groups is 1. The second-order valence-corrected chi connectivity index (χ2v) is 7.86. The molecule has 1 saturated heterocycles. The van der Waals surface area contributed by atoms with Crippen LogP contribution in [0.5, 0.6) is 0 Å². The van der Waals surface area contributed by atoms with Crippen LogP contribution in [0.3, 0.4) is 0 Å². The van der Waals surface area contributed by atoms with Crippen molar-refractivity contribution in [2.45, 2.75) is 55.9 Å². The van der Waals surface area contributed by atoms with Gasteiger partial charge in [0.15, 0.2) is 6.23 Å². The van der Waals surface area contributed by atoms with Crippen LogP contribution in [0.1, 0.15) is 18.3 Å². The SMILES string of the molecule is O=P(O)(O)OC[C@@H](OCc1cn([C@@H]2O[C@H](CO)[C@@H](O)[C@H]2O)nn1)[C@@H](O)[C@H](O)CCO. The maximum Gasteiger partial charge on any atom is 0.469 e. The standard InChI is InChI=1S/C14H26N3O12P/c18-2-1-8(20)11(21)10(6-28-30(24,25)26)27-5-7-3-17(16-15-7)14-13(23)12(22)9(4-19)29-14/h3,8-14,18-23H,1-2,4-6H2,(H2,24,25,26)/t8-,9-,10-,11+,12-,13-,14-/m1/s1. The lowest BCUT2D eigenvalue weighted by atomic mass is 10.1. The lowest BCUT2D eigenvalue weighted by molar-refractivity contribution is -0.115. The van der Waals surface area contributed by atoms with Gasteiger partial charge in [-0.05, 0) is 6.42 Å². The molecular formula is C14H26N3O12P. The maximum atomic E-state index is 10.9. The third kappa shape index (κ3) is 6.71. The Bertz CT molecular complexity index is 701. The van der Waals surface area contributed by atoms with Gasteiger partial charge in [0, 0.05) is 6.61 Å². The first kappa shape index (κ1) is 25.2. The molecule has 0 aliphatic carbocycles. The summed E-state index contributed by atoms with van der Waals surface area (Å²) in [6.07, 6.45) is -8.24. The predicted octanol–water partition coefficient (Wildman–Crippen LogP) is -4.01. The van der Waals surface area contributed by atoms with Crippen LogP contribution in [0.15, 0.2) is 6.20 Å². The van der Waals surface area contributed by atoms with Gasteiger partial charge in [-0.2, -0.15) is 0 Å². The molecule has 1 aliphatic rings. The number of nitrogens with zero attached hydrogens (tertiary/aromatic N) is 3. The summed E-state index contributed by atoms with van der Waals surface area (Å²) in [5.41, 5.74) is 0.151. The van der Waals surface area contributed by atoms with Crippen molar-refractivity contribution in [3.05, 3.63) is 11.9 Å². The molecule has 2 heterocycles. The van der Waals surface area contributed by atoms with Gasteiger partial charge in [-0.15, -0.1) is 5.10 Å². The molecule has 0 saturated carbocycles. The number of phosphoric ester groups is 1. The van der Waals surface area contributed by atoms with Crippen molar-refractivity contribution < 1.29 is 59.0 Å². The van der Waals surface area contributed by atoms with Crippen molar-refractivity contribution in [3.8, 4) is 0 Å². The van der Waals surface area contributed by atoms with Crippen molar-refractivity contribution in [2.24, 2.45) is 0 Å². The molecule has 0 radical (unpaired) electrons. The van der Waals surface area contributed by atoms with E-state index in [1.54, 1.807) is 0 Å². The summed E-state index contributed by atoms with van der Waals surface area (Å²) < 4.78 is 27.0. The van der Waals surface area contributed by atoms with Crippen molar-refractivity contribution in [2.75, 3.05) is 19.8 Å². The molecule has 0 aromatic carbocycles. The second kappa shape index (κ2) is 11.0. The van der Waals surface area contributed by atoms with Gasteiger partial charge in [-0.25, -0.2) is 9.25 Å². The number of hydrogen-bond donors (Lipinski definition) is 8. The highest BCUT2D eigenvalue weighted by atomic mass is 31.2. The van der Waals surface area contributed by atoms with Gasteiger partial charge in [0.1, 0.15) is 36.2 Å². The van der Waals surface area contributed by atoms with Gasteiger partial charge in [0.2, 0.25) is 0 Å². The molecule has 0 unspecified atom stereocenters. The molecular weight excluding hydrogens is 433 g/mol. The van der Waals surface area contributed by atoms with Gasteiger partial charge in [-0.3, -0.25) is 4.52 Å². The number of aromatic nitrogens is 3. The first-order chi connectivity index (χ1) is 14.1. The van der Waals surface area contributed by atoms with E-state index in [4.69, 9.17) is 29.5 Å². The lowest BCUT2D eigenvalue weighted by Gasteiger charge is -2.26. The van der Waals surface area contributed by atoms with E-state index in [9.17, 15) is 25.0 Å². The first-order valence-electron chi connectivity index (χ1n) is 8.89. The summed E-state index contributed by atoms with van der Waals surface area (Å²) in [5, 5.41) is 65.2. The van der Waals surface area contributed by atoms with E-state index in [0.29, 0.717) is 0 Å². The Morgan fingerprint density at radius 3 is 2.50 bits per heavy atom. The largest absolute Gasteiger partial charge is 0.469 e. The monoisotopic (exact) mass is 459 g/mol. The summed E-state index contributed by atoms with van der Waals surface area (Å²) in [4.78, 5) is 17.7. The van der Waals surface area contributed by atoms with Crippen LogP contribution < -0.4 is 0 Å². The minimum Gasteiger partial charge on any atom is -0.396 e. The Hall–Kier alpha value is -1.07. The van der Waals surface area contributed by atoms with Crippen LogP contribution in [0.2, 0.25) is 0 Å². The van der Waals surface area contributed by atoms with Crippen molar-refractivity contribution in [3.63, 3.8) is 0 Å². The van der Waals surface area contributed by atoms with Crippen LogP contribution in [-0.2, 0) is 25.2 Å². The summed E-state index contributed by atoms with van der Waals surface area (Å²) in [5.74, 6) is 0. The average Bonchev–Trinajstić information content (AvgIpc) is 3.26. The molecule has 15 nitrogen and oxygen atoms in total. The summed E-state index contributed by atoms with van der Waals surface area (Å²) in [6.45, 7) is -2.07. The Morgan fingerprint density at radius 2 is 1.93 bits per heavy atom. The number of hydrogen-bond acceptors (Lipinski definition) is 12. The zero-order valence-corrected chi connectivity index (χ0v) is 16.5. The zero-order chi connectivity index (χ0) is 22.5. The van der Waals surface area contributed by atoms with E-state index in [-0.39, 0.29) is 18.7 Å². The van der Waals surface area contributed by atoms with Gasteiger partial charge in [0.25, 0.3) is 0 Å². The Morgan fingerprint density at radius 1 is 1.23 bits per heavy atom. The molecule has 16 heteroatoms. The molecule has 7 atom stereocenters. The normalized spacial score (nSPS) is 27.9. The quantitative estimate of drug-likeness (QED) is 0.139. The van der Waals surface area contributed by atoms with E-state index in [2.05, 4.69) is 14.8 Å². The van der Waals surface area contributed by atoms with Crippen LogP contribution in [-0.4, -0.2) is 112 Å². The molecule has 2 rings (SSSR count). The topological polar surface area (TPSA) is 237 Å². The predicted molar refractivity (Wildman–Crippen MR) is 93.3 cm³/mol. The molecule has 174 valence electrons. The lowest BCUT2D eigenvalue weighted by Crippen LogP contribution is -2.42. The maximum absolute atomic E-state index is 10.9. The Balaban J connectivity index is 2.02. The minimum atomic E-state index is -4.88. The highest BCUT2D eigenvalue weighted by molar-refractivity contribution is 7.46. The smallest absolute Gasteiger partial charge is 0.396 e. The molecule has 0 bridgehead atoms. The molecule has 1 aromatic rings. The van der Waals surface area contributed by atoms with E-state index >= 15 is 0 Å². The molecule has 8 N–H and O–H groups in total. The summed E-state index contributed by atoms with van der Waals surface area (Å²) >= 11 is 0. The third-order valence-corrected chi connectivity index (χ3v) is 4.87. The zero-order valence-electron chi connectivity index (χ0n) is 15.7. The second-order valence-electron chi connectivity index (χ2n) is 6.62. The highest BCUT2D eigenvalue weighted by Crippen LogP contribution is 2.36. The fourth-order valence-electron chi connectivity index (χ4n) is 2.76. The van der Waals surface area contributed by atoms with E-state index in [1.165, 1.54) is 6.20 Å². The molecule has 30 heavy (non-hydrogen) atoms. The Kier molecular flexibility index (Phi) is 9.23. The summed E-state index contributed by atoms with van der Waals surface area (Å²) in [7, 11) is -4.88. The van der Waals surface area contributed by atoms with Gasteiger partial charge in [-0.1, -0.05) is 5.21 Å². The van der Waals surface area contributed by atoms with E-state index in [0.717, 1.165) is 4.68 Å². The molecule has 1 fully saturated rings. The van der Waals surface area contributed by atoms with Gasteiger partial charge >= 0.3 is 7.82 Å². The highest BCUT2D eigenvalue weighted by Gasteiger charge is 2.44. The molecule has 1 aromatic heterocycles. The molecule has 0 spiro atoms. The van der Waals surface area contributed by atoms with E-state index in [1.807, 2.05) is 0 Å². The van der Waals surface area contributed by atoms with Crippen molar-refractivity contribution >= 4 is 7.82 Å². The summed E-state index contributed by atoms with van der Waals surface area (Å²) in [6, 6.07) is 0. The van der Waals surface area contributed by atoms with Crippen LogP contribution in [0.4, 0.5) is 0 Å². The van der Waals surface area contributed by atoms with Gasteiger partial charge < -0.3 is 49.9 Å². The molecule has 0 amide bonds. The fourth-order valence-corrected chi connectivity index (χ4v) is 3.10. The number of aliphatic hydroxyl groups excluding tert-OH is 6. The third-order valence-electron chi connectivity index (χ3n) is 4.39. The van der Waals surface area contributed by atoms with Crippen molar-refractivity contribution in [1.82, 2.24) is 15.0 Å². The fraction of sp³-hybridized carbons (Fsp3) is 0.857. The average molecular weight is 459 g/mol. The number of rotatable bonds is 12. The van der Waals surface area contributed by atoms with E-state index < -0.39 is 70.5 Å². The first-order valence-corrected chi connectivity index (χ1v) is 10.4.